The van der Waals surface area contributed by atoms with Crippen molar-refractivity contribution in [1.82, 2.24) is 9.21 Å². The van der Waals surface area contributed by atoms with E-state index in [1.807, 2.05) is 16.8 Å². The van der Waals surface area contributed by atoms with Gasteiger partial charge in [-0.1, -0.05) is 0 Å². The molecule has 3 rings (SSSR count). The number of nitrogens with zero attached hydrogens (tertiary/aromatic N) is 2. The van der Waals surface area contributed by atoms with Crippen molar-refractivity contribution in [2.45, 2.75) is 4.90 Å². The minimum atomic E-state index is -3.93. The maximum atomic E-state index is 13.3. The maximum absolute atomic E-state index is 13.3. The molecule has 1 aliphatic heterocycles. The summed E-state index contributed by atoms with van der Waals surface area (Å²) in [6.45, 7) is 0.657. The molecular weight excluding hydrogens is 382 g/mol. The fourth-order valence-corrected chi connectivity index (χ4v) is 4.64. The molecule has 0 N–H and O–H groups in total. The van der Waals surface area contributed by atoms with Gasteiger partial charge in [0.05, 0.1) is 4.90 Å². The first kappa shape index (κ1) is 18.7. The highest BCUT2D eigenvalue weighted by Crippen LogP contribution is 2.20. The zero-order valence-electron chi connectivity index (χ0n) is 13.6. The molecule has 1 fully saturated rings. The lowest BCUT2D eigenvalue weighted by molar-refractivity contribution is -0.127. The summed E-state index contributed by atoms with van der Waals surface area (Å²) in [4.78, 5) is 13.4. The van der Waals surface area contributed by atoms with E-state index in [0.29, 0.717) is 6.07 Å². The molecule has 0 spiro atoms. The van der Waals surface area contributed by atoms with Crippen LogP contribution in [0.25, 0.3) is 6.08 Å². The Bertz CT molecular complexity index is 919. The number of carbonyl (C=O) groups excluding carboxylic acids is 1. The molecule has 1 aromatic heterocycles. The highest BCUT2D eigenvalue weighted by Gasteiger charge is 2.30. The summed E-state index contributed by atoms with van der Waals surface area (Å²) < 4.78 is 52.6. The highest BCUT2D eigenvalue weighted by molar-refractivity contribution is 7.89. The summed E-state index contributed by atoms with van der Waals surface area (Å²) in [5.74, 6) is -2.50. The van der Waals surface area contributed by atoms with Crippen LogP contribution in [0, 0.1) is 11.6 Å². The monoisotopic (exact) mass is 398 g/mol. The molecule has 138 valence electrons. The molecule has 26 heavy (non-hydrogen) atoms. The Kier molecular flexibility index (Phi) is 5.49. The Morgan fingerprint density at radius 3 is 2.42 bits per heavy atom. The van der Waals surface area contributed by atoms with Crippen molar-refractivity contribution < 1.29 is 22.0 Å². The van der Waals surface area contributed by atoms with Gasteiger partial charge in [0, 0.05) is 32.3 Å². The van der Waals surface area contributed by atoms with E-state index in [4.69, 9.17) is 0 Å². The zero-order chi connectivity index (χ0) is 18.7. The Labute approximate surface area is 154 Å². The van der Waals surface area contributed by atoms with Crippen LogP contribution in [0.5, 0.6) is 0 Å². The number of carbonyl (C=O) groups is 1. The number of benzene rings is 1. The van der Waals surface area contributed by atoms with Crippen molar-refractivity contribution in [3.63, 3.8) is 0 Å². The number of rotatable bonds is 4. The van der Waals surface area contributed by atoms with E-state index in [0.717, 1.165) is 17.7 Å². The normalized spacial score (nSPS) is 16.3. The summed E-state index contributed by atoms with van der Waals surface area (Å²) in [5.41, 5.74) is 0.933. The Balaban J connectivity index is 1.64. The van der Waals surface area contributed by atoms with Crippen LogP contribution in [0.4, 0.5) is 8.78 Å². The van der Waals surface area contributed by atoms with Crippen LogP contribution in [0.1, 0.15) is 5.56 Å². The first-order valence-corrected chi connectivity index (χ1v) is 10.2. The van der Waals surface area contributed by atoms with Gasteiger partial charge in [-0.05, 0) is 46.7 Å². The van der Waals surface area contributed by atoms with Crippen molar-refractivity contribution >= 4 is 33.3 Å². The summed E-state index contributed by atoms with van der Waals surface area (Å²) in [5, 5.41) is 3.82. The van der Waals surface area contributed by atoms with E-state index in [9.17, 15) is 22.0 Å². The van der Waals surface area contributed by atoms with Crippen molar-refractivity contribution in [3.8, 4) is 0 Å². The lowest BCUT2D eigenvalue weighted by Crippen LogP contribution is -2.50. The van der Waals surface area contributed by atoms with Gasteiger partial charge in [0.1, 0.15) is 0 Å². The van der Waals surface area contributed by atoms with Gasteiger partial charge in [-0.3, -0.25) is 4.79 Å². The van der Waals surface area contributed by atoms with Gasteiger partial charge in [0.2, 0.25) is 15.9 Å². The number of piperazine rings is 1. The van der Waals surface area contributed by atoms with Gasteiger partial charge in [-0.25, -0.2) is 17.2 Å². The van der Waals surface area contributed by atoms with E-state index >= 15 is 0 Å². The average molecular weight is 398 g/mol. The van der Waals surface area contributed by atoms with Crippen molar-refractivity contribution in [3.05, 3.63) is 58.3 Å². The third-order valence-corrected chi connectivity index (χ3v) is 6.64. The van der Waals surface area contributed by atoms with E-state index < -0.39 is 21.7 Å². The Morgan fingerprint density at radius 1 is 1.08 bits per heavy atom. The van der Waals surface area contributed by atoms with Gasteiger partial charge in [0.25, 0.3) is 0 Å². The number of sulfonamides is 1. The predicted octanol–water partition coefficient (Wildman–Crippen LogP) is 2.57. The molecule has 0 radical (unpaired) electrons. The Hall–Kier alpha value is -2.10. The summed E-state index contributed by atoms with van der Waals surface area (Å²) in [6.07, 6.45) is 3.17. The van der Waals surface area contributed by atoms with Crippen LogP contribution < -0.4 is 0 Å². The standard InChI is InChI=1S/C17H16F2N2O3S2/c18-15-3-2-14(11-16(15)19)26(23,24)21-8-6-20(7-9-21)17(22)4-1-13-5-10-25-12-13/h1-5,10-12H,6-9H2/b4-1+. The fourth-order valence-electron chi connectivity index (χ4n) is 2.58. The second-order valence-corrected chi connectivity index (χ2v) is 8.41. The van der Waals surface area contributed by atoms with Gasteiger partial charge >= 0.3 is 0 Å². The number of amides is 1. The summed E-state index contributed by atoms with van der Waals surface area (Å²) in [7, 11) is -3.93. The first-order valence-electron chi connectivity index (χ1n) is 7.82. The number of hydrogen-bond donors (Lipinski definition) is 0. The molecule has 9 heteroatoms. The minimum absolute atomic E-state index is 0.0966. The van der Waals surface area contributed by atoms with Gasteiger partial charge < -0.3 is 4.90 Å². The smallest absolute Gasteiger partial charge is 0.246 e. The molecule has 0 unspecified atom stereocenters. The van der Waals surface area contributed by atoms with Crippen LogP contribution in [0.15, 0.2) is 46.0 Å². The zero-order valence-corrected chi connectivity index (χ0v) is 15.3. The molecule has 1 aliphatic rings. The number of thiophene rings is 1. The lowest BCUT2D eigenvalue weighted by Gasteiger charge is -2.33. The summed E-state index contributed by atoms with van der Waals surface area (Å²) in [6, 6.07) is 4.39. The third kappa shape index (κ3) is 4.00. The molecule has 0 aliphatic carbocycles. The number of hydrogen-bond acceptors (Lipinski definition) is 4. The largest absolute Gasteiger partial charge is 0.337 e. The van der Waals surface area contributed by atoms with Crippen LogP contribution >= 0.6 is 11.3 Å². The lowest BCUT2D eigenvalue weighted by atomic mass is 10.3. The molecular formula is C17H16F2N2O3S2. The molecule has 0 bridgehead atoms. The molecule has 2 heterocycles. The van der Waals surface area contributed by atoms with Gasteiger partial charge in [-0.2, -0.15) is 15.6 Å². The average Bonchev–Trinajstić information content (AvgIpc) is 3.15. The second kappa shape index (κ2) is 7.65. The maximum Gasteiger partial charge on any atom is 0.246 e. The first-order chi connectivity index (χ1) is 12.4. The van der Waals surface area contributed by atoms with Gasteiger partial charge in [0.15, 0.2) is 11.6 Å². The van der Waals surface area contributed by atoms with Crippen molar-refractivity contribution in [1.29, 1.82) is 0 Å². The number of halogens is 2. The van der Waals surface area contributed by atoms with Crippen LogP contribution in [-0.4, -0.2) is 49.7 Å². The second-order valence-electron chi connectivity index (χ2n) is 5.70. The minimum Gasteiger partial charge on any atom is -0.337 e. The van der Waals surface area contributed by atoms with Gasteiger partial charge in [-0.15, -0.1) is 0 Å². The molecule has 0 atom stereocenters. The van der Waals surface area contributed by atoms with Crippen LogP contribution in [0.2, 0.25) is 0 Å². The van der Waals surface area contributed by atoms with E-state index in [1.165, 1.54) is 21.7 Å². The van der Waals surface area contributed by atoms with Crippen molar-refractivity contribution in [2.24, 2.45) is 0 Å². The topological polar surface area (TPSA) is 57.7 Å². The molecule has 1 amide bonds. The molecule has 2 aromatic rings. The van der Waals surface area contributed by atoms with Crippen molar-refractivity contribution in [2.75, 3.05) is 26.2 Å². The molecule has 1 aromatic carbocycles. The molecule has 5 nitrogen and oxygen atoms in total. The molecule has 0 saturated carbocycles. The molecule has 1 saturated heterocycles. The SMILES string of the molecule is O=C(/C=C/c1ccsc1)N1CCN(S(=O)(=O)c2ccc(F)c(F)c2)CC1. The fraction of sp³-hybridized carbons (Fsp3) is 0.235. The Morgan fingerprint density at radius 2 is 1.81 bits per heavy atom. The van der Waals surface area contributed by atoms with Crippen LogP contribution in [-0.2, 0) is 14.8 Å². The quantitative estimate of drug-likeness (QED) is 0.744. The third-order valence-electron chi connectivity index (χ3n) is 4.04. The predicted molar refractivity (Wildman–Crippen MR) is 95.0 cm³/mol. The van der Waals surface area contributed by atoms with E-state index in [-0.39, 0.29) is 37.0 Å². The van der Waals surface area contributed by atoms with E-state index in [1.54, 1.807) is 11.0 Å². The summed E-state index contributed by atoms with van der Waals surface area (Å²) >= 11 is 1.53. The van der Waals surface area contributed by atoms with Crippen LogP contribution in [0.3, 0.4) is 0 Å². The highest BCUT2D eigenvalue weighted by atomic mass is 32.2. The van der Waals surface area contributed by atoms with E-state index in [2.05, 4.69) is 0 Å².